The SMILES string of the molecule is CN(C1CC[N+](C)(Cc2ccc(C(O)CNCCCCCCOCCCCc3ccccc3)cc2OP(=O)([O-])O)CC1)S(=O)(=O)c1ccc(Nc2nccc(Nc3ccc(F)cc3)n2)cc1. The second-order valence-corrected chi connectivity index (χ2v) is 20.3. The number of piperidine rings is 1. The summed E-state index contributed by atoms with van der Waals surface area (Å²) in [4.78, 5) is 30.4. The Kier molecular flexibility index (Phi) is 18.6. The number of aliphatic hydroxyl groups is 1. The molecule has 6 rings (SSSR count). The monoisotopic (exact) mass is 947 g/mol. The van der Waals surface area contributed by atoms with Crippen molar-refractivity contribution in [2.45, 2.75) is 81.4 Å². The highest BCUT2D eigenvalue weighted by molar-refractivity contribution is 7.89. The van der Waals surface area contributed by atoms with Gasteiger partial charge in [0, 0.05) is 68.8 Å². The number of unbranched alkanes of at least 4 members (excludes halogenated alkanes) is 4. The lowest BCUT2D eigenvalue weighted by Gasteiger charge is -2.42. The maximum absolute atomic E-state index is 13.8. The van der Waals surface area contributed by atoms with E-state index in [0.717, 1.165) is 58.2 Å². The topological polar surface area (TPSA) is 198 Å². The second kappa shape index (κ2) is 24.3. The van der Waals surface area contributed by atoms with Crippen molar-refractivity contribution in [2.24, 2.45) is 0 Å². The van der Waals surface area contributed by atoms with Gasteiger partial charge in [0.25, 0.3) is 0 Å². The molecule has 18 heteroatoms. The number of halogens is 1. The Labute approximate surface area is 388 Å². The van der Waals surface area contributed by atoms with Gasteiger partial charge in [0.15, 0.2) is 0 Å². The number of rotatable bonds is 26. The van der Waals surface area contributed by atoms with Crippen LogP contribution in [0.5, 0.6) is 5.75 Å². The summed E-state index contributed by atoms with van der Waals surface area (Å²) in [5.74, 6) is 0.376. The van der Waals surface area contributed by atoms with Crippen molar-refractivity contribution >= 4 is 41.0 Å². The molecule has 1 saturated heterocycles. The molecule has 1 aliphatic rings. The molecule has 0 aliphatic carbocycles. The number of hydrogen-bond acceptors (Lipinski definition) is 12. The van der Waals surface area contributed by atoms with Crippen molar-refractivity contribution in [1.82, 2.24) is 19.6 Å². The van der Waals surface area contributed by atoms with Crippen molar-refractivity contribution in [3.05, 3.63) is 132 Å². The molecular formula is C48H63FN7O8PS. The Morgan fingerprint density at radius 2 is 1.56 bits per heavy atom. The molecule has 0 spiro atoms. The largest absolute Gasteiger partial charge is 0.746 e. The standard InChI is InChI=1S/C48H63FN7O8PS/c1-55(66(61,62)44-23-21-42(22-24-44)53-48-51-29-25-47(54-48)52-41-19-17-40(49)18-20-41)43-26-30-56(2,31-27-43)36-39-16-15-38(34-46(39)64-65(58,59)60)45(57)35-50-28-9-3-4-10-32-63-33-11-8-14-37-12-6-5-7-13-37/h5-7,12-13,15-25,29,34,43,45,50,57H,3-4,8-11,14,26-28,30-33,35-36H2,1-2H3,(H3-,51,52,53,54,58,59,60). The summed E-state index contributed by atoms with van der Waals surface area (Å²) < 4.78 is 65.6. The molecule has 5 aromatic rings. The highest BCUT2D eigenvalue weighted by Crippen LogP contribution is 2.38. The number of sulfonamides is 1. The van der Waals surface area contributed by atoms with Crippen LogP contribution in [0.1, 0.15) is 74.2 Å². The smallest absolute Gasteiger partial charge is 0.317 e. The first-order valence-electron chi connectivity index (χ1n) is 22.6. The fourth-order valence-corrected chi connectivity index (χ4v) is 9.88. The van der Waals surface area contributed by atoms with Gasteiger partial charge in [-0.1, -0.05) is 49.2 Å². The average Bonchev–Trinajstić information content (AvgIpc) is 3.29. The number of aliphatic hydroxyl groups excluding tert-OH is 1. The summed E-state index contributed by atoms with van der Waals surface area (Å²) in [5.41, 5.74) is 3.59. The van der Waals surface area contributed by atoms with Crippen molar-refractivity contribution in [3.8, 4) is 5.75 Å². The maximum atomic E-state index is 13.8. The van der Waals surface area contributed by atoms with E-state index in [1.165, 1.54) is 40.2 Å². The summed E-state index contributed by atoms with van der Waals surface area (Å²) in [5, 5.41) is 20.4. The molecule has 0 saturated carbocycles. The van der Waals surface area contributed by atoms with Crippen LogP contribution in [-0.4, -0.2) is 96.7 Å². The number of likely N-dealkylation sites (tertiary alicyclic amines) is 1. The van der Waals surface area contributed by atoms with Crippen molar-refractivity contribution in [3.63, 3.8) is 0 Å². The molecule has 356 valence electrons. The summed E-state index contributed by atoms with van der Waals surface area (Å²) in [6.45, 7) is 4.05. The van der Waals surface area contributed by atoms with E-state index in [0.29, 0.717) is 71.8 Å². The lowest BCUT2D eigenvalue weighted by Crippen LogP contribution is -2.53. The van der Waals surface area contributed by atoms with Crippen molar-refractivity contribution in [2.75, 3.05) is 64.1 Å². The zero-order valence-corrected chi connectivity index (χ0v) is 39.4. The molecule has 4 aromatic carbocycles. The van der Waals surface area contributed by atoms with Gasteiger partial charge in [-0.2, -0.15) is 9.29 Å². The van der Waals surface area contributed by atoms with Crippen LogP contribution in [0.4, 0.5) is 27.5 Å². The van der Waals surface area contributed by atoms with E-state index in [2.05, 4.69) is 50.2 Å². The zero-order chi connectivity index (χ0) is 47.0. The second-order valence-electron chi connectivity index (χ2n) is 17.1. The van der Waals surface area contributed by atoms with Crippen LogP contribution in [0.3, 0.4) is 0 Å². The highest BCUT2D eigenvalue weighted by atomic mass is 32.2. The normalized spacial score (nSPS) is 17.8. The first-order chi connectivity index (χ1) is 31.7. The van der Waals surface area contributed by atoms with Gasteiger partial charge in [0.1, 0.15) is 23.9 Å². The van der Waals surface area contributed by atoms with Gasteiger partial charge in [-0.15, -0.1) is 0 Å². The molecule has 66 heavy (non-hydrogen) atoms. The minimum absolute atomic E-state index is 0.0502. The summed E-state index contributed by atoms with van der Waals surface area (Å²) >= 11 is 0. The zero-order valence-electron chi connectivity index (χ0n) is 37.7. The van der Waals surface area contributed by atoms with Gasteiger partial charge in [0.2, 0.25) is 16.0 Å². The Hall–Kier alpha value is -4.81. The third kappa shape index (κ3) is 15.9. The van der Waals surface area contributed by atoms with Gasteiger partial charge < -0.3 is 44.6 Å². The summed E-state index contributed by atoms with van der Waals surface area (Å²) in [7, 11) is -5.42. The van der Waals surface area contributed by atoms with Crippen LogP contribution < -0.4 is 25.4 Å². The van der Waals surface area contributed by atoms with E-state index >= 15 is 0 Å². The van der Waals surface area contributed by atoms with Crippen LogP contribution in [0.25, 0.3) is 0 Å². The first kappa shape index (κ1) is 50.6. The molecule has 2 heterocycles. The van der Waals surface area contributed by atoms with E-state index in [1.54, 1.807) is 55.7 Å². The van der Waals surface area contributed by atoms with Gasteiger partial charge in [-0.3, -0.25) is 4.57 Å². The lowest BCUT2D eigenvalue weighted by molar-refractivity contribution is -0.927. The first-order valence-corrected chi connectivity index (χ1v) is 25.5. The number of benzene rings is 4. The van der Waals surface area contributed by atoms with E-state index in [9.17, 15) is 32.3 Å². The molecule has 0 amide bonds. The third-order valence-electron chi connectivity index (χ3n) is 11.9. The fourth-order valence-electron chi connectivity index (χ4n) is 8.04. The van der Waals surface area contributed by atoms with E-state index in [1.807, 2.05) is 13.1 Å². The van der Waals surface area contributed by atoms with E-state index in [-0.39, 0.29) is 35.0 Å². The maximum Gasteiger partial charge on any atom is 0.317 e. The summed E-state index contributed by atoms with van der Waals surface area (Å²) in [6, 6.07) is 29.0. The number of nitrogens with zero attached hydrogens (tertiary/aromatic N) is 4. The molecule has 5 N–H and O–H groups in total. The number of phosphoric ester groups is 1. The van der Waals surface area contributed by atoms with Crippen LogP contribution >= 0.6 is 7.82 Å². The molecule has 1 fully saturated rings. The Morgan fingerprint density at radius 1 is 0.894 bits per heavy atom. The lowest BCUT2D eigenvalue weighted by atomic mass is 10.0. The van der Waals surface area contributed by atoms with Crippen molar-refractivity contribution in [1.29, 1.82) is 0 Å². The molecule has 2 atom stereocenters. The Balaban J connectivity index is 0.926. The number of quaternary nitrogens is 1. The van der Waals surface area contributed by atoms with Gasteiger partial charge >= 0.3 is 7.82 Å². The number of phosphoric acid groups is 1. The molecular weight excluding hydrogens is 885 g/mol. The quantitative estimate of drug-likeness (QED) is 0.0207. The van der Waals surface area contributed by atoms with Gasteiger partial charge in [-0.05, 0) is 117 Å². The minimum Gasteiger partial charge on any atom is -0.746 e. The molecule has 0 radical (unpaired) electrons. The predicted octanol–water partition coefficient (Wildman–Crippen LogP) is 7.60. The molecule has 0 bridgehead atoms. The molecule has 2 unspecified atom stereocenters. The van der Waals surface area contributed by atoms with Crippen LogP contribution in [0.15, 0.2) is 114 Å². The Morgan fingerprint density at radius 3 is 2.27 bits per heavy atom. The average molecular weight is 948 g/mol. The number of ether oxygens (including phenoxy) is 1. The van der Waals surface area contributed by atoms with E-state index < -0.39 is 23.9 Å². The van der Waals surface area contributed by atoms with Crippen molar-refractivity contribution < 1.29 is 46.0 Å². The van der Waals surface area contributed by atoms with E-state index in [4.69, 9.17) is 9.26 Å². The minimum atomic E-state index is -5.17. The van der Waals surface area contributed by atoms with Crippen LogP contribution in [0.2, 0.25) is 0 Å². The highest BCUT2D eigenvalue weighted by Gasteiger charge is 2.37. The molecule has 15 nitrogen and oxygen atoms in total. The number of aryl methyl sites for hydroxylation is 1. The Bertz CT molecular complexity index is 2420. The third-order valence-corrected chi connectivity index (χ3v) is 14.2. The van der Waals surface area contributed by atoms with Gasteiger partial charge in [-0.25, -0.2) is 17.8 Å². The van der Waals surface area contributed by atoms with Crippen LogP contribution in [0, 0.1) is 5.82 Å². The van der Waals surface area contributed by atoms with Crippen LogP contribution in [-0.2, 0) is 32.3 Å². The summed E-state index contributed by atoms with van der Waals surface area (Å²) in [6.07, 6.45) is 9.02. The van der Waals surface area contributed by atoms with Gasteiger partial charge in [0.05, 0.1) is 31.1 Å². The fraction of sp³-hybridized carbons (Fsp3) is 0.417. The number of nitrogens with one attached hydrogen (secondary N) is 3. The number of anilines is 4. The molecule has 1 aliphatic heterocycles. The number of aromatic nitrogens is 2. The molecule has 1 aromatic heterocycles. The number of hydrogen-bond donors (Lipinski definition) is 5. The predicted molar refractivity (Wildman–Crippen MR) is 252 cm³/mol.